The van der Waals surface area contributed by atoms with Gasteiger partial charge in [-0.2, -0.15) is 5.10 Å². The number of nitrogens with one attached hydrogen (secondary N) is 2. The summed E-state index contributed by atoms with van der Waals surface area (Å²) in [4.78, 5) is 18.0. The van der Waals surface area contributed by atoms with Gasteiger partial charge in [-0.15, -0.1) is 0 Å². The molecular formula is C14H15FN4O. The Labute approximate surface area is 115 Å². The van der Waals surface area contributed by atoms with Crippen LogP contribution in [0.4, 0.5) is 10.3 Å². The van der Waals surface area contributed by atoms with Crippen molar-refractivity contribution in [3.8, 4) is 0 Å². The Morgan fingerprint density at radius 3 is 2.70 bits per heavy atom. The maximum absolute atomic E-state index is 12.9. The van der Waals surface area contributed by atoms with E-state index in [-0.39, 0.29) is 17.3 Å². The molecule has 0 radical (unpaired) electrons. The third kappa shape index (κ3) is 3.50. The van der Waals surface area contributed by atoms with Gasteiger partial charge in [-0.3, -0.25) is 9.78 Å². The third-order valence-electron chi connectivity index (χ3n) is 2.68. The second-order valence-corrected chi connectivity index (χ2v) is 4.27. The average Bonchev–Trinajstić information content (AvgIpc) is 2.40. The lowest BCUT2D eigenvalue weighted by Gasteiger charge is -2.05. The van der Waals surface area contributed by atoms with Crippen LogP contribution < -0.4 is 11.0 Å². The van der Waals surface area contributed by atoms with Crippen LogP contribution in [0, 0.1) is 12.7 Å². The first-order chi connectivity index (χ1) is 9.58. The Balaban J connectivity index is 2.23. The number of halogens is 1. The molecule has 6 heteroatoms. The number of hydrazone groups is 1. The number of rotatable bonds is 4. The molecule has 0 aliphatic rings. The molecule has 2 N–H and O–H groups in total. The van der Waals surface area contributed by atoms with Gasteiger partial charge in [0.25, 0.3) is 5.56 Å². The summed E-state index contributed by atoms with van der Waals surface area (Å²) < 4.78 is 12.9. The molecule has 0 bridgehead atoms. The number of hydrogen-bond donors (Lipinski definition) is 2. The highest BCUT2D eigenvalue weighted by molar-refractivity contribution is 6.00. The Morgan fingerprint density at radius 2 is 2.10 bits per heavy atom. The van der Waals surface area contributed by atoms with Gasteiger partial charge in [-0.05, 0) is 31.0 Å². The summed E-state index contributed by atoms with van der Waals surface area (Å²) in [6, 6.07) is 7.48. The smallest absolute Gasteiger partial charge is 0.252 e. The topological polar surface area (TPSA) is 70.1 Å². The summed E-state index contributed by atoms with van der Waals surface area (Å²) in [5.74, 6) is -0.00935. The second kappa shape index (κ2) is 6.10. The molecule has 1 aromatic heterocycles. The van der Waals surface area contributed by atoms with Crippen molar-refractivity contribution in [1.29, 1.82) is 0 Å². The molecule has 2 aromatic rings. The van der Waals surface area contributed by atoms with Crippen molar-refractivity contribution in [3.05, 3.63) is 57.8 Å². The summed E-state index contributed by atoms with van der Waals surface area (Å²) in [5, 5.41) is 4.21. The van der Waals surface area contributed by atoms with Crippen molar-refractivity contribution in [3.63, 3.8) is 0 Å². The minimum absolute atomic E-state index is 0.241. The minimum Gasteiger partial charge on any atom is -0.291 e. The van der Waals surface area contributed by atoms with Crippen LogP contribution in [-0.4, -0.2) is 15.7 Å². The molecule has 0 atom stereocenters. The van der Waals surface area contributed by atoms with Crippen molar-refractivity contribution in [1.82, 2.24) is 9.97 Å². The predicted molar refractivity (Wildman–Crippen MR) is 76.4 cm³/mol. The molecule has 0 unspecified atom stereocenters. The van der Waals surface area contributed by atoms with Crippen LogP contribution in [-0.2, 0) is 0 Å². The zero-order chi connectivity index (χ0) is 14.5. The SMILES string of the molecule is CC/C(=N\Nc1nc(C)cc(=O)[nH]1)c1ccc(F)cc1. The largest absolute Gasteiger partial charge is 0.291 e. The zero-order valence-electron chi connectivity index (χ0n) is 11.3. The van der Waals surface area contributed by atoms with E-state index in [1.54, 1.807) is 19.1 Å². The van der Waals surface area contributed by atoms with E-state index in [4.69, 9.17) is 0 Å². The normalized spacial score (nSPS) is 11.4. The van der Waals surface area contributed by atoms with Crippen LogP contribution in [0.25, 0.3) is 0 Å². The van der Waals surface area contributed by atoms with E-state index in [0.717, 1.165) is 11.3 Å². The molecule has 2 rings (SSSR count). The van der Waals surface area contributed by atoms with Gasteiger partial charge in [0.2, 0.25) is 5.95 Å². The molecule has 104 valence electrons. The summed E-state index contributed by atoms with van der Waals surface area (Å²) in [7, 11) is 0. The highest BCUT2D eigenvalue weighted by atomic mass is 19.1. The van der Waals surface area contributed by atoms with Crippen molar-refractivity contribution < 1.29 is 4.39 Å². The maximum Gasteiger partial charge on any atom is 0.252 e. The number of aromatic nitrogens is 2. The molecule has 0 aliphatic heterocycles. The molecule has 5 nitrogen and oxygen atoms in total. The molecule has 20 heavy (non-hydrogen) atoms. The number of hydrogen-bond acceptors (Lipinski definition) is 4. The fourth-order valence-electron chi connectivity index (χ4n) is 1.74. The van der Waals surface area contributed by atoms with Crippen LogP contribution in [0.15, 0.2) is 40.2 Å². The predicted octanol–water partition coefficient (Wildman–Crippen LogP) is 2.44. The number of benzene rings is 1. The van der Waals surface area contributed by atoms with E-state index in [1.165, 1.54) is 18.2 Å². The summed E-state index contributed by atoms with van der Waals surface area (Å²) in [6.45, 7) is 3.67. The van der Waals surface area contributed by atoms with Crippen LogP contribution in [0.3, 0.4) is 0 Å². The van der Waals surface area contributed by atoms with Crippen LogP contribution in [0.1, 0.15) is 24.6 Å². The van der Waals surface area contributed by atoms with E-state index in [1.807, 2.05) is 6.92 Å². The third-order valence-corrected chi connectivity index (χ3v) is 2.68. The van der Waals surface area contributed by atoms with Gasteiger partial charge in [-0.25, -0.2) is 14.8 Å². The molecule has 1 heterocycles. The van der Waals surface area contributed by atoms with Crippen LogP contribution in [0.2, 0.25) is 0 Å². The van der Waals surface area contributed by atoms with Gasteiger partial charge in [0.1, 0.15) is 5.82 Å². The molecule has 0 saturated carbocycles. The van der Waals surface area contributed by atoms with E-state index < -0.39 is 0 Å². The number of aryl methyl sites for hydroxylation is 1. The van der Waals surface area contributed by atoms with Gasteiger partial charge in [-0.1, -0.05) is 19.1 Å². The van der Waals surface area contributed by atoms with Crippen molar-refractivity contribution >= 4 is 11.7 Å². The number of nitrogens with zero attached hydrogens (tertiary/aromatic N) is 2. The Morgan fingerprint density at radius 1 is 1.40 bits per heavy atom. The quantitative estimate of drug-likeness (QED) is 0.664. The van der Waals surface area contributed by atoms with E-state index in [0.29, 0.717) is 12.1 Å². The molecule has 0 amide bonds. The average molecular weight is 274 g/mol. The lowest BCUT2D eigenvalue weighted by molar-refractivity contribution is 0.627. The van der Waals surface area contributed by atoms with Crippen molar-refractivity contribution in [2.24, 2.45) is 5.10 Å². The highest BCUT2D eigenvalue weighted by Gasteiger charge is 2.02. The lowest BCUT2D eigenvalue weighted by atomic mass is 10.1. The molecule has 0 spiro atoms. The first-order valence-electron chi connectivity index (χ1n) is 6.25. The van der Waals surface area contributed by atoms with Crippen LogP contribution >= 0.6 is 0 Å². The van der Waals surface area contributed by atoms with Gasteiger partial charge in [0.15, 0.2) is 0 Å². The zero-order valence-corrected chi connectivity index (χ0v) is 11.3. The van der Waals surface area contributed by atoms with E-state index in [9.17, 15) is 9.18 Å². The van der Waals surface area contributed by atoms with Crippen molar-refractivity contribution in [2.75, 3.05) is 5.43 Å². The lowest BCUT2D eigenvalue weighted by Crippen LogP contribution is -2.12. The fraction of sp³-hybridized carbons (Fsp3) is 0.214. The van der Waals surface area contributed by atoms with Gasteiger partial charge in [0.05, 0.1) is 5.71 Å². The summed E-state index contributed by atoms with van der Waals surface area (Å²) in [6.07, 6.45) is 0.661. The Hall–Kier alpha value is -2.50. The molecular weight excluding hydrogens is 259 g/mol. The van der Waals surface area contributed by atoms with Gasteiger partial charge in [0, 0.05) is 11.8 Å². The summed E-state index contributed by atoms with van der Waals surface area (Å²) in [5.41, 5.74) is 4.64. The summed E-state index contributed by atoms with van der Waals surface area (Å²) >= 11 is 0. The van der Waals surface area contributed by atoms with Crippen LogP contribution in [0.5, 0.6) is 0 Å². The number of H-pyrrole nitrogens is 1. The second-order valence-electron chi connectivity index (χ2n) is 4.27. The maximum atomic E-state index is 12.9. The first kappa shape index (κ1) is 13.9. The molecule has 0 saturated heterocycles. The van der Waals surface area contributed by atoms with E-state index in [2.05, 4.69) is 20.5 Å². The van der Waals surface area contributed by atoms with Crippen molar-refractivity contribution in [2.45, 2.75) is 20.3 Å². The Kier molecular flexibility index (Phi) is 4.24. The molecule has 0 fully saturated rings. The van der Waals surface area contributed by atoms with E-state index >= 15 is 0 Å². The molecule has 1 aromatic carbocycles. The standard InChI is InChI=1S/C14H15FN4O/c1-3-12(10-4-6-11(15)7-5-10)18-19-14-16-9(2)8-13(20)17-14/h4-8H,3H2,1-2H3,(H2,16,17,19,20)/b18-12+. The first-order valence-corrected chi connectivity index (χ1v) is 6.25. The van der Waals surface area contributed by atoms with Gasteiger partial charge >= 0.3 is 0 Å². The number of anilines is 1. The highest BCUT2D eigenvalue weighted by Crippen LogP contribution is 2.07. The fourth-order valence-corrected chi connectivity index (χ4v) is 1.74. The molecule has 0 aliphatic carbocycles. The monoisotopic (exact) mass is 274 g/mol. The minimum atomic E-state index is -0.290. The number of aromatic amines is 1. The van der Waals surface area contributed by atoms with Gasteiger partial charge < -0.3 is 0 Å². The Bertz CT molecular complexity index is 676.